The van der Waals surface area contributed by atoms with Gasteiger partial charge in [-0.3, -0.25) is 4.79 Å². The van der Waals surface area contributed by atoms with Crippen molar-refractivity contribution in [1.82, 2.24) is 14.8 Å². The van der Waals surface area contributed by atoms with Crippen molar-refractivity contribution in [1.29, 1.82) is 0 Å². The maximum Gasteiger partial charge on any atom is 0.451 e. The number of benzene rings is 1. The summed E-state index contributed by atoms with van der Waals surface area (Å²) in [6.45, 7) is 0. The summed E-state index contributed by atoms with van der Waals surface area (Å²) in [6.07, 6.45) is -4.39. The third-order valence-electron chi connectivity index (χ3n) is 2.78. The lowest BCUT2D eigenvalue weighted by atomic mass is 10.3. The van der Waals surface area contributed by atoms with E-state index < -0.39 is 12.0 Å². The maximum absolute atomic E-state index is 12.6. The number of carbonyl (C=O) groups is 1. The lowest BCUT2D eigenvalue weighted by Crippen LogP contribution is -2.13. The van der Waals surface area contributed by atoms with Crippen LogP contribution in [0.5, 0.6) is 0 Å². The molecule has 10 heteroatoms. The van der Waals surface area contributed by atoms with Gasteiger partial charge in [-0.25, -0.2) is 0 Å². The van der Waals surface area contributed by atoms with Gasteiger partial charge in [0, 0.05) is 29.4 Å². The van der Waals surface area contributed by atoms with Crippen molar-refractivity contribution in [2.24, 2.45) is 7.05 Å². The minimum Gasteiger partial charge on any atom is -0.326 e. The zero-order valence-electron chi connectivity index (χ0n) is 11.9. The molecule has 23 heavy (non-hydrogen) atoms. The number of amides is 1. The van der Waals surface area contributed by atoms with Gasteiger partial charge in [-0.05, 0) is 24.3 Å². The van der Waals surface area contributed by atoms with Gasteiger partial charge in [0.15, 0.2) is 5.16 Å². The van der Waals surface area contributed by atoms with E-state index in [1.54, 1.807) is 24.3 Å². The highest BCUT2D eigenvalue weighted by Gasteiger charge is 2.37. The Kier molecular flexibility index (Phi) is 5.69. The Morgan fingerprint density at radius 1 is 1.30 bits per heavy atom. The van der Waals surface area contributed by atoms with Crippen molar-refractivity contribution < 1.29 is 18.0 Å². The number of halogens is 4. The molecule has 0 saturated carbocycles. The first-order valence-corrected chi connectivity index (χ1v) is 8.20. The number of carbonyl (C=O) groups excluding carboxylic acids is 1. The van der Waals surface area contributed by atoms with E-state index >= 15 is 0 Å². The monoisotopic (exact) mass is 408 g/mol. The Morgan fingerprint density at radius 2 is 1.96 bits per heavy atom. The number of hydrogen-bond donors (Lipinski definition) is 1. The average molecular weight is 409 g/mol. The van der Waals surface area contributed by atoms with Crippen LogP contribution in [-0.2, 0) is 18.0 Å². The highest BCUT2D eigenvalue weighted by molar-refractivity contribution is 9.10. The second kappa shape index (κ2) is 7.35. The molecular formula is C13H12BrF3N4OS. The smallest absolute Gasteiger partial charge is 0.326 e. The molecule has 0 bridgehead atoms. The average Bonchev–Trinajstić information content (AvgIpc) is 2.83. The van der Waals surface area contributed by atoms with E-state index in [4.69, 9.17) is 0 Å². The van der Waals surface area contributed by atoms with Crippen molar-refractivity contribution in [3.05, 3.63) is 34.6 Å². The summed E-state index contributed by atoms with van der Waals surface area (Å²) in [5.41, 5.74) is 0.654. The van der Waals surface area contributed by atoms with Crippen LogP contribution in [0.3, 0.4) is 0 Å². The van der Waals surface area contributed by atoms with Crippen LogP contribution >= 0.6 is 27.7 Å². The fourth-order valence-corrected chi connectivity index (χ4v) is 2.79. The summed E-state index contributed by atoms with van der Waals surface area (Å²) < 4.78 is 39.5. The van der Waals surface area contributed by atoms with E-state index in [-0.39, 0.29) is 17.5 Å². The first kappa shape index (κ1) is 17.8. The quantitative estimate of drug-likeness (QED) is 0.765. The summed E-state index contributed by atoms with van der Waals surface area (Å²) in [7, 11) is 1.24. The van der Waals surface area contributed by atoms with Crippen LogP contribution in [0.25, 0.3) is 0 Å². The molecule has 1 aromatic carbocycles. The predicted octanol–water partition coefficient (Wildman–Crippen LogP) is 3.72. The number of hydrogen-bond acceptors (Lipinski definition) is 4. The molecule has 0 aliphatic carbocycles. The van der Waals surface area contributed by atoms with E-state index in [0.29, 0.717) is 11.4 Å². The lowest BCUT2D eigenvalue weighted by molar-refractivity contribution is -0.147. The summed E-state index contributed by atoms with van der Waals surface area (Å²) in [5.74, 6) is -0.982. The molecule has 0 radical (unpaired) electrons. The molecule has 5 nitrogen and oxygen atoms in total. The summed E-state index contributed by atoms with van der Waals surface area (Å²) in [5, 5.41) is 9.44. The summed E-state index contributed by atoms with van der Waals surface area (Å²) in [6, 6.07) is 7.08. The van der Waals surface area contributed by atoms with Crippen molar-refractivity contribution >= 4 is 39.3 Å². The van der Waals surface area contributed by atoms with Crippen LogP contribution in [0.2, 0.25) is 0 Å². The molecule has 0 spiro atoms. The van der Waals surface area contributed by atoms with E-state index in [1.165, 1.54) is 7.05 Å². The molecule has 1 N–H and O–H groups in total. The molecule has 0 unspecified atom stereocenters. The van der Waals surface area contributed by atoms with E-state index in [9.17, 15) is 18.0 Å². The molecule has 0 atom stereocenters. The number of alkyl halides is 3. The molecule has 2 aromatic rings. The molecule has 0 fully saturated rings. The van der Waals surface area contributed by atoms with Gasteiger partial charge in [0.25, 0.3) is 0 Å². The predicted molar refractivity (Wildman–Crippen MR) is 84.1 cm³/mol. The van der Waals surface area contributed by atoms with Crippen molar-refractivity contribution in [2.45, 2.75) is 17.8 Å². The number of rotatable bonds is 5. The second-order valence-corrected chi connectivity index (χ2v) is 6.49. The molecule has 1 aromatic heterocycles. The molecule has 0 aliphatic heterocycles. The number of aromatic nitrogens is 3. The van der Waals surface area contributed by atoms with Gasteiger partial charge in [-0.1, -0.05) is 27.7 Å². The van der Waals surface area contributed by atoms with Gasteiger partial charge in [-0.2, -0.15) is 13.2 Å². The molecule has 2 rings (SSSR count). The normalized spacial score (nSPS) is 11.5. The van der Waals surface area contributed by atoms with Crippen LogP contribution in [0.1, 0.15) is 12.2 Å². The van der Waals surface area contributed by atoms with Crippen LogP contribution in [-0.4, -0.2) is 26.4 Å². The van der Waals surface area contributed by atoms with Gasteiger partial charge in [0.2, 0.25) is 11.7 Å². The Bertz CT molecular complexity index is 688. The van der Waals surface area contributed by atoms with Crippen LogP contribution in [0, 0.1) is 0 Å². The van der Waals surface area contributed by atoms with Crippen LogP contribution < -0.4 is 5.32 Å². The van der Waals surface area contributed by atoms with Crippen molar-refractivity contribution in [3.8, 4) is 0 Å². The molecule has 1 heterocycles. The number of thioether (sulfide) groups is 1. The van der Waals surface area contributed by atoms with Crippen LogP contribution in [0.4, 0.5) is 18.9 Å². The molecule has 0 saturated heterocycles. The summed E-state index contributed by atoms with van der Waals surface area (Å²) in [4.78, 5) is 11.8. The van der Waals surface area contributed by atoms with E-state index in [0.717, 1.165) is 20.8 Å². The molecule has 1 amide bonds. The fraction of sp³-hybridized carbons (Fsp3) is 0.308. The summed E-state index contributed by atoms with van der Waals surface area (Å²) >= 11 is 4.34. The third-order valence-corrected chi connectivity index (χ3v) is 4.33. The minimum atomic E-state index is -4.54. The first-order chi connectivity index (χ1) is 10.8. The van der Waals surface area contributed by atoms with Gasteiger partial charge >= 0.3 is 6.18 Å². The Labute approximate surface area is 142 Å². The fourth-order valence-electron chi connectivity index (χ4n) is 1.68. The van der Waals surface area contributed by atoms with E-state index in [1.807, 2.05) is 0 Å². The Hall–Kier alpha value is -1.55. The molecule has 0 aliphatic rings. The highest BCUT2D eigenvalue weighted by atomic mass is 79.9. The van der Waals surface area contributed by atoms with Gasteiger partial charge in [-0.15, -0.1) is 10.2 Å². The molecular weight excluding hydrogens is 397 g/mol. The molecule has 124 valence electrons. The Morgan fingerprint density at radius 3 is 2.52 bits per heavy atom. The topological polar surface area (TPSA) is 59.8 Å². The minimum absolute atomic E-state index is 0.119. The van der Waals surface area contributed by atoms with Gasteiger partial charge in [0.1, 0.15) is 0 Å². The largest absolute Gasteiger partial charge is 0.451 e. The number of nitrogens with zero attached hydrogens (tertiary/aromatic N) is 3. The second-order valence-electron chi connectivity index (χ2n) is 4.52. The van der Waals surface area contributed by atoms with E-state index in [2.05, 4.69) is 31.4 Å². The number of nitrogens with one attached hydrogen (secondary N) is 1. The van der Waals surface area contributed by atoms with Crippen molar-refractivity contribution in [2.75, 3.05) is 11.1 Å². The standard InChI is InChI=1S/C13H12BrF3N4OS/c1-21-11(13(15,16)17)19-20-12(21)23-7-6-10(22)18-9-4-2-8(14)3-5-9/h2-5H,6-7H2,1H3,(H,18,22). The van der Waals surface area contributed by atoms with Gasteiger partial charge in [0.05, 0.1) is 0 Å². The number of anilines is 1. The third kappa shape index (κ3) is 4.96. The van der Waals surface area contributed by atoms with Gasteiger partial charge < -0.3 is 9.88 Å². The zero-order chi connectivity index (χ0) is 17.0. The SMILES string of the molecule is Cn1c(SCCC(=O)Nc2ccc(Br)cc2)nnc1C(F)(F)F. The lowest BCUT2D eigenvalue weighted by Gasteiger charge is -2.07. The first-order valence-electron chi connectivity index (χ1n) is 6.42. The maximum atomic E-state index is 12.6. The van der Waals surface area contributed by atoms with Crippen molar-refractivity contribution in [3.63, 3.8) is 0 Å². The highest BCUT2D eigenvalue weighted by Crippen LogP contribution is 2.29. The Balaban J connectivity index is 1.84. The van der Waals surface area contributed by atoms with Crippen LogP contribution in [0.15, 0.2) is 33.9 Å². The zero-order valence-corrected chi connectivity index (χ0v) is 14.3.